The van der Waals surface area contributed by atoms with Crippen molar-refractivity contribution < 1.29 is 13.2 Å². The summed E-state index contributed by atoms with van der Waals surface area (Å²) in [6.45, 7) is 2.56. The van der Waals surface area contributed by atoms with E-state index in [0.717, 1.165) is 12.1 Å². The Bertz CT molecular complexity index is 471. The number of nitrogens with one attached hydrogen (secondary N) is 1. The van der Waals surface area contributed by atoms with E-state index in [-0.39, 0.29) is 17.7 Å². The molecule has 0 radical (unpaired) electrons. The molecule has 1 aliphatic rings. The standard InChI is InChI=1S/C13H19F3N4/c1-8(20(2)10-3-4-10)7-18-12-6-9(13(14,15)16)5-11(17)19-12/h5-6,8,10H,3-4,7H2,1-2H3,(H3,17,18,19). The molecule has 1 unspecified atom stereocenters. The number of nitrogens with two attached hydrogens (primary N) is 1. The minimum absolute atomic E-state index is 0.134. The molecule has 1 fully saturated rings. The molecule has 20 heavy (non-hydrogen) atoms. The highest BCUT2D eigenvalue weighted by atomic mass is 19.4. The maximum atomic E-state index is 12.7. The Kier molecular flexibility index (Phi) is 4.08. The van der Waals surface area contributed by atoms with Gasteiger partial charge in [-0.3, -0.25) is 4.90 Å². The van der Waals surface area contributed by atoms with E-state index in [9.17, 15) is 13.2 Å². The van der Waals surface area contributed by atoms with Gasteiger partial charge in [0.15, 0.2) is 0 Å². The van der Waals surface area contributed by atoms with E-state index < -0.39 is 11.7 Å². The summed E-state index contributed by atoms with van der Waals surface area (Å²) < 4.78 is 38.0. The van der Waals surface area contributed by atoms with E-state index in [2.05, 4.69) is 15.2 Å². The molecular formula is C13H19F3N4. The number of nitrogens with zero attached hydrogens (tertiary/aromatic N) is 2. The van der Waals surface area contributed by atoms with Crippen molar-refractivity contribution >= 4 is 11.6 Å². The molecule has 1 aliphatic carbocycles. The van der Waals surface area contributed by atoms with E-state index in [1.54, 1.807) is 0 Å². The predicted octanol–water partition coefficient (Wildman–Crippen LogP) is 2.58. The minimum Gasteiger partial charge on any atom is -0.384 e. The molecule has 0 amide bonds. The first-order valence-electron chi connectivity index (χ1n) is 6.58. The smallest absolute Gasteiger partial charge is 0.384 e. The van der Waals surface area contributed by atoms with Crippen molar-refractivity contribution in [2.75, 3.05) is 24.6 Å². The molecule has 0 saturated heterocycles. The number of hydrogen-bond acceptors (Lipinski definition) is 4. The van der Waals surface area contributed by atoms with Gasteiger partial charge in [-0.1, -0.05) is 0 Å². The van der Waals surface area contributed by atoms with Gasteiger partial charge >= 0.3 is 6.18 Å². The van der Waals surface area contributed by atoms with Crippen LogP contribution in [0.1, 0.15) is 25.3 Å². The van der Waals surface area contributed by atoms with Gasteiger partial charge in [-0.05, 0) is 38.9 Å². The van der Waals surface area contributed by atoms with E-state index in [0.29, 0.717) is 12.6 Å². The maximum Gasteiger partial charge on any atom is 0.416 e. The van der Waals surface area contributed by atoms with Crippen LogP contribution in [0.5, 0.6) is 0 Å². The Morgan fingerprint density at radius 1 is 1.45 bits per heavy atom. The second kappa shape index (κ2) is 5.47. The lowest BCUT2D eigenvalue weighted by molar-refractivity contribution is -0.137. The van der Waals surface area contributed by atoms with Crippen molar-refractivity contribution in [1.82, 2.24) is 9.88 Å². The predicted molar refractivity (Wildman–Crippen MR) is 72.4 cm³/mol. The van der Waals surface area contributed by atoms with Crippen LogP contribution >= 0.6 is 0 Å². The van der Waals surface area contributed by atoms with Crippen LogP contribution in [0.15, 0.2) is 12.1 Å². The fraction of sp³-hybridized carbons (Fsp3) is 0.615. The first-order chi connectivity index (χ1) is 9.27. The zero-order valence-electron chi connectivity index (χ0n) is 11.5. The monoisotopic (exact) mass is 288 g/mol. The van der Waals surface area contributed by atoms with Gasteiger partial charge in [-0.25, -0.2) is 4.98 Å². The summed E-state index contributed by atoms with van der Waals surface area (Å²) in [5.74, 6) is 0.0268. The molecule has 1 aromatic heterocycles. The first kappa shape index (κ1) is 14.9. The number of pyridine rings is 1. The second-order valence-corrected chi connectivity index (χ2v) is 5.29. The average molecular weight is 288 g/mol. The Hall–Kier alpha value is -1.50. The third kappa shape index (κ3) is 3.75. The highest BCUT2D eigenvalue weighted by Crippen LogP contribution is 2.31. The van der Waals surface area contributed by atoms with Crippen molar-refractivity contribution in [3.63, 3.8) is 0 Å². The SMILES string of the molecule is CC(CNc1cc(C(F)(F)F)cc(N)n1)N(C)C1CC1. The number of hydrogen-bond donors (Lipinski definition) is 2. The first-order valence-corrected chi connectivity index (χ1v) is 6.58. The molecule has 0 aromatic carbocycles. The summed E-state index contributed by atoms with van der Waals surface area (Å²) in [4.78, 5) is 6.11. The fourth-order valence-corrected chi connectivity index (χ4v) is 2.04. The number of aromatic nitrogens is 1. The molecule has 3 N–H and O–H groups in total. The maximum absolute atomic E-state index is 12.7. The number of nitrogen functional groups attached to an aromatic ring is 1. The molecule has 0 spiro atoms. The topological polar surface area (TPSA) is 54.2 Å². The van der Waals surface area contributed by atoms with Crippen LogP contribution in [0.3, 0.4) is 0 Å². The van der Waals surface area contributed by atoms with Gasteiger partial charge in [-0.15, -0.1) is 0 Å². The lowest BCUT2D eigenvalue weighted by Gasteiger charge is -2.25. The summed E-state index contributed by atoms with van der Waals surface area (Å²) in [6.07, 6.45) is -2.03. The molecule has 7 heteroatoms. The van der Waals surface area contributed by atoms with E-state index in [4.69, 9.17) is 5.73 Å². The molecule has 112 valence electrons. The average Bonchev–Trinajstić information content (AvgIpc) is 3.17. The van der Waals surface area contributed by atoms with Crippen molar-refractivity contribution in [3.8, 4) is 0 Å². The Morgan fingerprint density at radius 2 is 2.10 bits per heavy atom. The van der Waals surface area contributed by atoms with Gasteiger partial charge in [0.05, 0.1) is 5.56 Å². The van der Waals surface area contributed by atoms with E-state index in [1.807, 2.05) is 14.0 Å². The van der Waals surface area contributed by atoms with Crippen molar-refractivity contribution in [3.05, 3.63) is 17.7 Å². The lowest BCUT2D eigenvalue weighted by Crippen LogP contribution is -2.36. The Labute approximate surface area is 116 Å². The van der Waals surface area contributed by atoms with Gasteiger partial charge in [0, 0.05) is 18.6 Å². The number of rotatable bonds is 5. The van der Waals surface area contributed by atoms with Crippen LogP contribution in [-0.2, 0) is 6.18 Å². The molecule has 0 aliphatic heterocycles. The summed E-state index contributed by atoms with van der Waals surface area (Å²) in [6, 6.07) is 2.65. The van der Waals surface area contributed by atoms with Crippen LogP contribution in [0, 0.1) is 0 Å². The summed E-state index contributed by atoms with van der Waals surface area (Å²) in [5, 5.41) is 2.93. The highest BCUT2D eigenvalue weighted by Gasteiger charge is 2.32. The van der Waals surface area contributed by atoms with E-state index >= 15 is 0 Å². The second-order valence-electron chi connectivity index (χ2n) is 5.29. The Morgan fingerprint density at radius 3 is 2.65 bits per heavy atom. The van der Waals surface area contributed by atoms with Gasteiger partial charge in [0.1, 0.15) is 11.6 Å². The normalized spacial score (nSPS) is 17.3. The van der Waals surface area contributed by atoms with Crippen LogP contribution in [-0.4, -0.2) is 35.6 Å². The molecule has 1 atom stereocenters. The van der Waals surface area contributed by atoms with Crippen molar-refractivity contribution in [2.24, 2.45) is 0 Å². The van der Waals surface area contributed by atoms with Gasteiger partial charge in [0.2, 0.25) is 0 Å². The highest BCUT2D eigenvalue weighted by molar-refractivity contribution is 5.47. The molecule has 1 heterocycles. The molecule has 2 rings (SSSR count). The number of anilines is 2. The fourth-order valence-electron chi connectivity index (χ4n) is 2.04. The molecule has 4 nitrogen and oxygen atoms in total. The molecule has 1 aromatic rings. The summed E-state index contributed by atoms with van der Waals surface area (Å²) in [7, 11) is 2.03. The number of likely N-dealkylation sites (N-methyl/N-ethyl adjacent to an activating group) is 1. The van der Waals surface area contributed by atoms with Crippen LogP contribution in [0.4, 0.5) is 24.8 Å². The third-order valence-corrected chi connectivity index (χ3v) is 3.57. The quantitative estimate of drug-likeness (QED) is 0.874. The van der Waals surface area contributed by atoms with Crippen LogP contribution < -0.4 is 11.1 Å². The summed E-state index contributed by atoms with van der Waals surface area (Å²) >= 11 is 0. The molecule has 0 bridgehead atoms. The zero-order chi connectivity index (χ0) is 14.9. The van der Waals surface area contributed by atoms with E-state index in [1.165, 1.54) is 12.8 Å². The largest absolute Gasteiger partial charge is 0.416 e. The molecule has 1 saturated carbocycles. The number of halogens is 3. The Balaban J connectivity index is 2.00. The van der Waals surface area contributed by atoms with Crippen LogP contribution in [0.25, 0.3) is 0 Å². The zero-order valence-corrected chi connectivity index (χ0v) is 11.5. The van der Waals surface area contributed by atoms with Crippen LogP contribution in [0.2, 0.25) is 0 Å². The van der Waals surface area contributed by atoms with Gasteiger partial charge in [0.25, 0.3) is 0 Å². The minimum atomic E-state index is -4.41. The summed E-state index contributed by atoms with van der Waals surface area (Å²) in [5.41, 5.74) is 4.64. The van der Waals surface area contributed by atoms with Gasteiger partial charge in [-0.2, -0.15) is 13.2 Å². The lowest BCUT2D eigenvalue weighted by atomic mass is 10.2. The van der Waals surface area contributed by atoms with Gasteiger partial charge < -0.3 is 11.1 Å². The number of alkyl halides is 3. The third-order valence-electron chi connectivity index (χ3n) is 3.57. The molecular weight excluding hydrogens is 269 g/mol. The van der Waals surface area contributed by atoms with Crippen molar-refractivity contribution in [2.45, 2.75) is 38.0 Å². The van der Waals surface area contributed by atoms with Crippen molar-refractivity contribution in [1.29, 1.82) is 0 Å².